The average molecular weight is 237 g/mol. The minimum atomic E-state index is -0.197. The third-order valence-corrected chi connectivity index (χ3v) is 2.99. The van der Waals surface area contributed by atoms with Crippen molar-refractivity contribution in [2.24, 2.45) is 4.99 Å². The largest absolute Gasteiger partial charge is 0.384 e. The summed E-state index contributed by atoms with van der Waals surface area (Å²) >= 11 is 0. The van der Waals surface area contributed by atoms with Gasteiger partial charge in [0.25, 0.3) is 5.91 Å². The molecule has 1 amide bonds. The second kappa shape index (κ2) is 3.77. The topological polar surface area (TPSA) is 68.3 Å². The first-order valence-corrected chi connectivity index (χ1v) is 5.63. The van der Waals surface area contributed by atoms with Gasteiger partial charge >= 0.3 is 0 Å². The predicted octanol–water partition coefficient (Wildman–Crippen LogP) is 1.96. The van der Waals surface area contributed by atoms with Crippen LogP contribution < -0.4 is 5.73 Å². The summed E-state index contributed by atoms with van der Waals surface area (Å²) in [6.45, 7) is 1.86. The van der Waals surface area contributed by atoms with E-state index >= 15 is 0 Å². The summed E-state index contributed by atoms with van der Waals surface area (Å²) in [5, 5.41) is 0. The van der Waals surface area contributed by atoms with Gasteiger partial charge in [0, 0.05) is 16.8 Å². The van der Waals surface area contributed by atoms with E-state index < -0.39 is 0 Å². The van der Waals surface area contributed by atoms with E-state index in [0.717, 1.165) is 16.8 Å². The Kier molecular flexibility index (Phi) is 2.23. The first-order chi connectivity index (χ1) is 8.66. The molecule has 0 unspecified atom stereocenters. The summed E-state index contributed by atoms with van der Waals surface area (Å²) in [4.78, 5) is 20.1. The van der Waals surface area contributed by atoms with Gasteiger partial charge in [-0.15, -0.1) is 0 Å². The number of aryl methyl sites for hydroxylation is 1. The number of aliphatic imine (C=N–C) groups is 1. The number of pyridine rings is 1. The van der Waals surface area contributed by atoms with Crippen molar-refractivity contribution in [3.63, 3.8) is 0 Å². The van der Waals surface area contributed by atoms with Crippen LogP contribution in [0.25, 0.3) is 0 Å². The molecule has 0 fully saturated rings. The van der Waals surface area contributed by atoms with Gasteiger partial charge in [0.15, 0.2) is 0 Å². The minimum Gasteiger partial charge on any atom is -0.384 e. The molecule has 0 aliphatic carbocycles. The monoisotopic (exact) mass is 237 g/mol. The van der Waals surface area contributed by atoms with E-state index in [4.69, 9.17) is 5.73 Å². The Hall–Kier alpha value is -2.49. The number of carbonyl (C=O) groups excluding carboxylic acids is 1. The van der Waals surface area contributed by atoms with Crippen LogP contribution in [0, 0.1) is 6.92 Å². The normalized spacial score (nSPS) is 13.4. The number of nitrogens with two attached hydrogens (primary N) is 1. The van der Waals surface area contributed by atoms with Gasteiger partial charge in [0.2, 0.25) is 0 Å². The highest BCUT2D eigenvalue weighted by Gasteiger charge is 2.24. The van der Waals surface area contributed by atoms with Gasteiger partial charge in [-0.05, 0) is 25.1 Å². The van der Waals surface area contributed by atoms with E-state index in [9.17, 15) is 4.79 Å². The van der Waals surface area contributed by atoms with Gasteiger partial charge in [0.05, 0.1) is 11.3 Å². The highest BCUT2D eigenvalue weighted by atomic mass is 16.1. The zero-order chi connectivity index (χ0) is 12.7. The van der Waals surface area contributed by atoms with Crippen LogP contribution in [0.3, 0.4) is 0 Å². The lowest BCUT2D eigenvalue weighted by molar-refractivity contribution is 0.101. The van der Waals surface area contributed by atoms with Gasteiger partial charge < -0.3 is 5.73 Å². The van der Waals surface area contributed by atoms with Gasteiger partial charge in [0.1, 0.15) is 5.82 Å². The van der Waals surface area contributed by atoms with Gasteiger partial charge in [-0.3, -0.25) is 4.79 Å². The number of hydrogen-bond acceptors (Lipinski definition) is 3. The fourth-order valence-corrected chi connectivity index (χ4v) is 2.13. The van der Waals surface area contributed by atoms with Crippen molar-refractivity contribution in [2.75, 3.05) is 5.73 Å². The van der Waals surface area contributed by atoms with Crippen molar-refractivity contribution in [2.45, 2.75) is 6.92 Å². The lowest BCUT2D eigenvalue weighted by Crippen LogP contribution is -2.05. The summed E-state index contributed by atoms with van der Waals surface area (Å²) in [6, 6.07) is 11.0. The summed E-state index contributed by atoms with van der Waals surface area (Å²) in [6.07, 6.45) is 0. The van der Waals surface area contributed by atoms with Crippen LogP contribution in [0.5, 0.6) is 0 Å². The van der Waals surface area contributed by atoms with Crippen LogP contribution in [-0.2, 0) is 0 Å². The lowest BCUT2D eigenvalue weighted by Gasteiger charge is -2.06. The van der Waals surface area contributed by atoms with Gasteiger partial charge in [-0.1, -0.05) is 18.2 Å². The molecule has 18 heavy (non-hydrogen) atoms. The summed E-state index contributed by atoms with van der Waals surface area (Å²) in [5.41, 5.74) is 9.44. The first-order valence-electron chi connectivity index (χ1n) is 5.63. The number of aromatic nitrogens is 1. The van der Waals surface area contributed by atoms with Crippen molar-refractivity contribution < 1.29 is 4.79 Å². The number of amides is 1. The van der Waals surface area contributed by atoms with E-state index in [1.165, 1.54) is 0 Å². The number of rotatable bonds is 1. The summed E-state index contributed by atoms with van der Waals surface area (Å²) < 4.78 is 0. The van der Waals surface area contributed by atoms with Crippen molar-refractivity contribution in [1.29, 1.82) is 0 Å². The van der Waals surface area contributed by atoms with Crippen molar-refractivity contribution in [3.8, 4) is 0 Å². The molecule has 1 aromatic carbocycles. The fourth-order valence-electron chi connectivity index (χ4n) is 2.13. The molecule has 1 aliphatic heterocycles. The molecule has 0 atom stereocenters. The number of benzene rings is 1. The highest BCUT2D eigenvalue weighted by Crippen LogP contribution is 2.24. The zero-order valence-corrected chi connectivity index (χ0v) is 9.84. The third kappa shape index (κ3) is 1.50. The van der Waals surface area contributed by atoms with Crippen molar-refractivity contribution in [3.05, 3.63) is 58.8 Å². The smallest absolute Gasteiger partial charge is 0.278 e. The molecule has 88 valence electrons. The van der Waals surface area contributed by atoms with Crippen LogP contribution in [0.1, 0.15) is 27.2 Å². The molecule has 2 N–H and O–H groups in total. The Morgan fingerprint density at radius 1 is 1.00 bits per heavy atom. The number of fused-ring (bicyclic) bond motifs is 1. The zero-order valence-electron chi connectivity index (χ0n) is 9.84. The Morgan fingerprint density at radius 3 is 2.44 bits per heavy atom. The van der Waals surface area contributed by atoms with E-state index in [1.807, 2.05) is 31.2 Å². The van der Waals surface area contributed by atoms with Crippen molar-refractivity contribution in [1.82, 2.24) is 4.98 Å². The quantitative estimate of drug-likeness (QED) is 0.824. The maximum Gasteiger partial charge on any atom is 0.278 e. The molecule has 4 heteroatoms. The molecule has 0 saturated carbocycles. The highest BCUT2D eigenvalue weighted by molar-refractivity contribution is 6.27. The van der Waals surface area contributed by atoms with Crippen LogP contribution in [0.2, 0.25) is 0 Å². The molecule has 0 bridgehead atoms. The summed E-state index contributed by atoms with van der Waals surface area (Å²) in [7, 11) is 0. The molecule has 1 aliphatic rings. The number of nitrogen functional groups attached to an aromatic ring is 1. The molecule has 0 saturated heterocycles. The van der Waals surface area contributed by atoms with Crippen LogP contribution in [0.4, 0.5) is 5.82 Å². The van der Waals surface area contributed by atoms with Gasteiger partial charge in [-0.25, -0.2) is 9.98 Å². The van der Waals surface area contributed by atoms with Crippen LogP contribution in [0.15, 0.2) is 41.4 Å². The average Bonchev–Trinajstić information content (AvgIpc) is 2.68. The molecular formula is C14H11N3O. The summed E-state index contributed by atoms with van der Waals surface area (Å²) in [5.74, 6) is 0.270. The van der Waals surface area contributed by atoms with Crippen LogP contribution in [-0.4, -0.2) is 16.6 Å². The molecule has 3 rings (SSSR count). The van der Waals surface area contributed by atoms with E-state index in [-0.39, 0.29) is 5.91 Å². The Morgan fingerprint density at radius 2 is 1.72 bits per heavy atom. The van der Waals surface area contributed by atoms with E-state index in [1.54, 1.807) is 12.1 Å². The third-order valence-electron chi connectivity index (χ3n) is 2.99. The minimum absolute atomic E-state index is 0.197. The van der Waals surface area contributed by atoms with E-state index in [0.29, 0.717) is 17.1 Å². The number of anilines is 1. The van der Waals surface area contributed by atoms with Gasteiger partial charge in [-0.2, -0.15) is 0 Å². The first kappa shape index (κ1) is 10.7. The lowest BCUT2D eigenvalue weighted by atomic mass is 9.99. The molecule has 4 nitrogen and oxygen atoms in total. The SMILES string of the molecule is Cc1nc(N)ccc1C1=NC(=O)c2ccccc21. The van der Waals surface area contributed by atoms with Crippen LogP contribution >= 0.6 is 0 Å². The molecule has 0 spiro atoms. The fraction of sp³-hybridized carbons (Fsp3) is 0.0714. The maximum absolute atomic E-state index is 11.8. The number of carbonyl (C=O) groups is 1. The number of hydrogen-bond donors (Lipinski definition) is 1. The molecule has 2 heterocycles. The molecular weight excluding hydrogens is 226 g/mol. The Balaban J connectivity index is 2.20. The maximum atomic E-state index is 11.8. The predicted molar refractivity (Wildman–Crippen MR) is 69.8 cm³/mol. The Labute approximate surface area is 104 Å². The second-order valence-electron chi connectivity index (χ2n) is 4.18. The molecule has 2 aromatic rings. The molecule has 1 aromatic heterocycles. The van der Waals surface area contributed by atoms with Crippen molar-refractivity contribution >= 4 is 17.4 Å². The second-order valence-corrected chi connectivity index (χ2v) is 4.18. The standard InChI is InChI=1S/C14H11N3O/c1-8-9(6-7-12(15)16-8)13-10-4-2-3-5-11(10)14(18)17-13/h2-7H,1H3,(H2,15,16). The Bertz CT molecular complexity index is 689. The van der Waals surface area contributed by atoms with E-state index in [2.05, 4.69) is 9.98 Å². The number of nitrogens with zero attached hydrogens (tertiary/aromatic N) is 2. The molecule has 0 radical (unpaired) electrons.